The monoisotopic (exact) mass is 555 g/mol. The molecular weight excluding hydrogens is 522 g/mol. The average molecular weight is 556 g/mol. The molecule has 41 heavy (non-hydrogen) atoms. The molecule has 1 aliphatic heterocycles. The predicted molar refractivity (Wildman–Crippen MR) is 155 cm³/mol. The molecular formula is C31H33N5O5. The van der Waals surface area contributed by atoms with E-state index in [1.165, 1.54) is 12.1 Å². The van der Waals surface area contributed by atoms with Crippen molar-refractivity contribution in [2.24, 2.45) is 0 Å². The Morgan fingerprint density at radius 2 is 1.68 bits per heavy atom. The molecule has 212 valence electrons. The van der Waals surface area contributed by atoms with E-state index in [0.717, 1.165) is 24.2 Å². The number of aromatic nitrogens is 1. The summed E-state index contributed by atoms with van der Waals surface area (Å²) in [4.78, 5) is 43.7. The molecule has 1 fully saturated rings. The highest BCUT2D eigenvalue weighted by atomic mass is 16.6. The van der Waals surface area contributed by atoms with Crippen LogP contribution in [0.3, 0.4) is 0 Å². The van der Waals surface area contributed by atoms with Gasteiger partial charge in [-0.2, -0.15) is 0 Å². The minimum atomic E-state index is -0.516. The summed E-state index contributed by atoms with van der Waals surface area (Å²) < 4.78 is 5.43. The summed E-state index contributed by atoms with van der Waals surface area (Å²) in [6.07, 6.45) is 3.02. The number of non-ortho nitro benzene ring substituents is 1. The van der Waals surface area contributed by atoms with E-state index in [4.69, 9.17) is 4.74 Å². The Morgan fingerprint density at radius 1 is 1.00 bits per heavy atom. The quantitative estimate of drug-likeness (QED) is 0.273. The lowest BCUT2D eigenvalue weighted by molar-refractivity contribution is -0.384. The molecule has 0 bridgehead atoms. The highest BCUT2D eigenvalue weighted by molar-refractivity contribution is 5.94. The zero-order chi connectivity index (χ0) is 29.4. The summed E-state index contributed by atoms with van der Waals surface area (Å²) in [6, 6.07) is 15.2. The highest BCUT2D eigenvalue weighted by Gasteiger charge is 2.25. The SMILES string of the molecule is CC(C)(C)OC(=O)N1CCN(CCNC(=O)c2ccc(C#Cc3cc([N+](=O)[O-])ccc3-c3ccncc3)cc2)CC1. The Bertz CT molecular complexity index is 1450. The zero-order valence-corrected chi connectivity index (χ0v) is 23.4. The fraction of sp³-hybridized carbons (Fsp3) is 0.323. The maximum Gasteiger partial charge on any atom is 0.410 e. The van der Waals surface area contributed by atoms with Crippen LogP contribution in [0.5, 0.6) is 0 Å². The third kappa shape index (κ3) is 8.37. The molecule has 1 N–H and O–H groups in total. The summed E-state index contributed by atoms with van der Waals surface area (Å²) >= 11 is 0. The molecule has 1 aromatic heterocycles. The number of pyridine rings is 1. The van der Waals surface area contributed by atoms with E-state index in [2.05, 4.69) is 27.0 Å². The van der Waals surface area contributed by atoms with E-state index in [1.807, 2.05) is 32.9 Å². The van der Waals surface area contributed by atoms with Gasteiger partial charge < -0.3 is 15.0 Å². The molecule has 0 aliphatic carbocycles. The third-order valence-corrected chi connectivity index (χ3v) is 6.43. The minimum Gasteiger partial charge on any atom is -0.444 e. The topological polar surface area (TPSA) is 118 Å². The van der Waals surface area contributed by atoms with Crippen LogP contribution in [-0.2, 0) is 4.74 Å². The molecule has 2 heterocycles. The number of ether oxygens (including phenoxy) is 1. The molecule has 0 atom stereocenters. The lowest BCUT2D eigenvalue weighted by atomic mass is 10.00. The fourth-order valence-electron chi connectivity index (χ4n) is 4.29. The van der Waals surface area contributed by atoms with Crippen molar-refractivity contribution in [3.05, 3.63) is 93.8 Å². The Morgan fingerprint density at radius 3 is 2.32 bits per heavy atom. The molecule has 1 saturated heterocycles. The first kappa shape index (κ1) is 29.2. The van der Waals surface area contributed by atoms with Crippen LogP contribution >= 0.6 is 0 Å². The largest absolute Gasteiger partial charge is 0.444 e. The molecule has 0 radical (unpaired) electrons. The summed E-state index contributed by atoms with van der Waals surface area (Å²) in [5, 5.41) is 14.2. The van der Waals surface area contributed by atoms with Crippen molar-refractivity contribution in [2.45, 2.75) is 26.4 Å². The molecule has 0 saturated carbocycles. The van der Waals surface area contributed by atoms with Gasteiger partial charge in [0.15, 0.2) is 0 Å². The van der Waals surface area contributed by atoms with Crippen molar-refractivity contribution in [1.29, 1.82) is 0 Å². The number of nitrogens with zero attached hydrogens (tertiary/aromatic N) is 4. The molecule has 10 nitrogen and oxygen atoms in total. The summed E-state index contributed by atoms with van der Waals surface area (Å²) in [6.45, 7) is 9.34. The number of nitrogens with one attached hydrogen (secondary N) is 1. The van der Waals surface area contributed by atoms with E-state index < -0.39 is 10.5 Å². The Balaban J connectivity index is 1.31. The maximum atomic E-state index is 12.7. The van der Waals surface area contributed by atoms with Crippen molar-refractivity contribution in [3.8, 4) is 23.0 Å². The summed E-state index contributed by atoms with van der Waals surface area (Å²) in [5.74, 6) is 5.92. The number of benzene rings is 2. The lowest BCUT2D eigenvalue weighted by Gasteiger charge is -2.35. The van der Waals surface area contributed by atoms with Gasteiger partial charge in [0.25, 0.3) is 11.6 Å². The van der Waals surface area contributed by atoms with Crippen LogP contribution in [0.4, 0.5) is 10.5 Å². The molecule has 4 rings (SSSR count). The van der Waals surface area contributed by atoms with E-state index in [0.29, 0.717) is 42.9 Å². The second kappa shape index (κ2) is 13.1. The molecule has 2 amide bonds. The van der Waals surface area contributed by atoms with Gasteiger partial charge in [-0.05, 0) is 74.4 Å². The van der Waals surface area contributed by atoms with Gasteiger partial charge in [0.05, 0.1) is 4.92 Å². The van der Waals surface area contributed by atoms with Crippen LogP contribution in [0.1, 0.15) is 42.3 Å². The zero-order valence-electron chi connectivity index (χ0n) is 23.4. The lowest BCUT2D eigenvalue weighted by Crippen LogP contribution is -2.51. The maximum absolute atomic E-state index is 12.7. The van der Waals surface area contributed by atoms with Crippen LogP contribution < -0.4 is 5.32 Å². The van der Waals surface area contributed by atoms with E-state index in [-0.39, 0.29) is 17.7 Å². The van der Waals surface area contributed by atoms with Gasteiger partial charge in [-0.15, -0.1) is 0 Å². The van der Waals surface area contributed by atoms with Gasteiger partial charge in [0.1, 0.15) is 5.60 Å². The molecule has 10 heteroatoms. The van der Waals surface area contributed by atoms with Crippen molar-refractivity contribution < 1.29 is 19.2 Å². The van der Waals surface area contributed by atoms with Crippen LogP contribution in [0, 0.1) is 22.0 Å². The number of nitro benzene ring substituents is 1. The molecule has 3 aromatic rings. The predicted octanol–water partition coefficient (Wildman–Crippen LogP) is 4.34. The van der Waals surface area contributed by atoms with Gasteiger partial charge in [-0.1, -0.05) is 11.8 Å². The normalized spacial score (nSPS) is 13.6. The number of carbonyl (C=O) groups excluding carboxylic acids is 2. The standard InChI is InChI=1S/C31H33N5O5/c1-31(2,3)41-30(38)35-20-18-34(19-21-35)17-16-33-29(37)25-7-4-23(5-8-25)6-9-26-22-27(36(39)40)10-11-28(26)24-12-14-32-15-13-24/h4-5,7-8,10-15,22H,16-21H2,1-3H3,(H,33,37). The fourth-order valence-corrected chi connectivity index (χ4v) is 4.29. The number of hydrogen-bond acceptors (Lipinski definition) is 7. The van der Waals surface area contributed by atoms with E-state index >= 15 is 0 Å². The first-order chi connectivity index (χ1) is 19.6. The number of rotatable bonds is 6. The summed E-state index contributed by atoms with van der Waals surface area (Å²) in [5.41, 5.74) is 2.79. The van der Waals surface area contributed by atoms with Crippen LogP contribution in [-0.4, -0.2) is 76.6 Å². The molecule has 1 aliphatic rings. The first-order valence-electron chi connectivity index (χ1n) is 13.4. The molecule has 0 unspecified atom stereocenters. The van der Waals surface area contributed by atoms with Crippen molar-refractivity contribution in [1.82, 2.24) is 20.1 Å². The highest BCUT2D eigenvalue weighted by Crippen LogP contribution is 2.26. The Labute approximate surface area is 239 Å². The minimum absolute atomic E-state index is 0.0379. The number of carbonyl (C=O) groups is 2. The van der Waals surface area contributed by atoms with Gasteiger partial charge in [-0.3, -0.25) is 24.8 Å². The molecule has 0 spiro atoms. The number of piperazine rings is 1. The van der Waals surface area contributed by atoms with Crippen LogP contribution in [0.2, 0.25) is 0 Å². The van der Waals surface area contributed by atoms with Crippen molar-refractivity contribution in [3.63, 3.8) is 0 Å². The van der Waals surface area contributed by atoms with Crippen LogP contribution in [0.25, 0.3) is 11.1 Å². The van der Waals surface area contributed by atoms with Gasteiger partial charge in [-0.25, -0.2) is 4.79 Å². The number of nitro groups is 1. The Kier molecular flexibility index (Phi) is 9.32. The third-order valence-electron chi connectivity index (χ3n) is 6.43. The Hall–Kier alpha value is -4.75. The number of hydrogen-bond donors (Lipinski definition) is 1. The average Bonchev–Trinajstić information content (AvgIpc) is 2.96. The second-order valence-electron chi connectivity index (χ2n) is 10.6. The van der Waals surface area contributed by atoms with Crippen molar-refractivity contribution >= 4 is 17.7 Å². The van der Waals surface area contributed by atoms with Crippen LogP contribution in [0.15, 0.2) is 67.0 Å². The van der Waals surface area contributed by atoms with Crippen molar-refractivity contribution in [2.75, 3.05) is 39.3 Å². The van der Waals surface area contributed by atoms with Gasteiger partial charge in [0.2, 0.25) is 0 Å². The number of amides is 2. The smallest absolute Gasteiger partial charge is 0.410 e. The van der Waals surface area contributed by atoms with Gasteiger partial charge in [0, 0.05) is 80.5 Å². The summed E-state index contributed by atoms with van der Waals surface area (Å²) in [7, 11) is 0. The first-order valence-corrected chi connectivity index (χ1v) is 13.4. The second-order valence-corrected chi connectivity index (χ2v) is 10.6. The van der Waals surface area contributed by atoms with Gasteiger partial charge >= 0.3 is 6.09 Å². The van der Waals surface area contributed by atoms with E-state index in [9.17, 15) is 19.7 Å². The van der Waals surface area contributed by atoms with E-state index in [1.54, 1.807) is 47.6 Å². The molecule has 2 aromatic carbocycles.